The summed E-state index contributed by atoms with van der Waals surface area (Å²) in [7, 11) is 2.16. The molecule has 0 N–H and O–H groups in total. The highest BCUT2D eigenvalue weighted by Crippen LogP contribution is 2.26. The van der Waals surface area contributed by atoms with E-state index in [1.165, 1.54) is 17.9 Å². The number of nitrogens with zero attached hydrogens (tertiary/aromatic N) is 2. The molecule has 3 nitrogen and oxygen atoms in total. The lowest BCUT2D eigenvalue weighted by molar-refractivity contribution is -0.124. The van der Waals surface area contributed by atoms with E-state index in [0.29, 0.717) is 6.41 Å². The Balaban J connectivity index is 0. The van der Waals surface area contributed by atoms with Crippen molar-refractivity contribution in [3.05, 3.63) is 0 Å². The number of amides is 1. The van der Waals surface area contributed by atoms with E-state index in [2.05, 4.69) is 18.9 Å². The molecule has 0 aliphatic carbocycles. The van der Waals surface area contributed by atoms with Crippen LogP contribution >= 0.6 is 0 Å². The maximum absolute atomic E-state index is 12.4. The van der Waals surface area contributed by atoms with Crippen LogP contribution in [0.5, 0.6) is 0 Å². The highest BCUT2D eigenvalue weighted by Gasteiger charge is 2.33. The molecule has 0 aromatic carbocycles. The zero-order valence-corrected chi connectivity index (χ0v) is 14.0. The van der Waals surface area contributed by atoms with Gasteiger partial charge >= 0.3 is 0 Å². The maximum atomic E-state index is 12.4. The normalized spacial score (nSPS) is 23.6. The van der Waals surface area contributed by atoms with Gasteiger partial charge in [0.05, 0.1) is 0 Å². The van der Waals surface area contributed by atoms with Gasteiger partial charge in [-0.3, -0.25) is 4.79 Å². The molecule has 1 unspecified atom stereocenters. The predicted molar refractivity (Wildman–Crippen MR) is 81.2 cm³/mol. The number of rotatable bonds is 1. The van der Waals surface area contributed by atoms with Crippen molar-refractivity contribution in [3.63, 3.8) is 0 Å². The quantitative estimate of drug-likeness (QED) is 0.689. The molecule has 5 heteroatoms. The summed E-state index contributed by atoms with van der Waals surface area (Å²) in [5.41, 5.74) is 0. The van der Waals surface area contributed by atoms with Gasteiger partial charge in [-0.2, -0.15) is 0 Å². The number of halogens is 2. The summed E-state index contributed by atoms with van der Waals surface area (Å²) >= 11 is 0. The van der Waals surface area contributed by atoms with Crippen LogP contribution in [0.25, 0.3) is 0 Å². The third-order valence-electron chi connectivity index (χ3n) is 3.33. The lowest BCUT2D eigenvalue weighted by atomic mass is 10.1. The van der Waals surface area contributed by atoms with Crippen LogP contribution in [-0.4, -0.2) is 54.9 Å². The van der Waals surface area contributed by atoms with E-state index in [9.17, 15) is 13.6 Å². The number of hydrogen-bond donors (Lipinski definition) is 0. The van der Waals surface area contributed by atoms with E-state index in [4.69, 9.17) is 0 Å². The van der Waals surface area contributed by atoms with Gasteiger partial charge in [0.25, 0.3) is 5.92 Å². The van der Waals surface area contributed by atoms with Crippen molar-refractivity contribution < 1.29 is 13.6 Å². The largest absolute Gasteiger partial charge is 0.345 e. The highest BCUT2D eigenvalue weighted by atomic mass is 19.3. The van der Waals surface area contributed by atoms with E-state index < -0.39 is 5.92 Å². The monoisotopic (exact) mass is 294 g/mol. The van der Waals surface area contributed by atoms with Gasteiger partial charge in [-0.25, -0.2) is 8.78 Å². The molecule has 2 saturated heterocycles. The van der Waals surface area contributed by atoms with Gasteiger partial charge < -0.3 is 9.80 Å². The molecular weight excluding hydrogens is 262 g/mol. The van der Waals surface area contributed by atoms with Crippen LogP contribution in [0.4, 0.5) is 8.78 Å². The van der Waals surface area contributed by atoms with Crippen molar-refractivity contribution in [2.24, 2.45) is 0 Å². The molecule has 20 heavy (non-hydrogen) atoms. The first kappa shape index (κ1) is 21.6. The van der Waals surface area contributed by atoms with Crippen molar-refractivity contribution in [1.82, 2.24) is 9.80 Å². The average molecular weight is 294 g/mol. The fourth-order valence-electron chi connectivity index (χ4n) is 1.60. The summed E-state index contributed by atoms with van der Waals surface area (Å²) < 4.78 is 24.7. The molecule has 0 aromatic rings. The molecule has 2 fully saturated rings. The zero-order valence-electron chi connectivity index (χ0n) is 14.0. The van der Waals surface area contributed by atoms with E-state index in [1.807, 2.05) is 27.7 Å². The summed E-state index contributed by atoms with van der Waals surface area (Å²) in [6.45, 7) is 11.9. The second kappa shape index (κ2) is 12.1. The molecule has 0 spiro atoms. The zero-order chi connectivity index (χ0) is 16.2. The Morgan fingerprint density at radius 2 is 1.45 bits per heavy atom. The number of carbonyl (C=O) groups is 1. The molecule has 2 aliphatic heterocycles. The van der Waals surface area contributed by atoms with Crippen molar-refractivity contribution in [1.29, 1.82) is 0 Å². The molecule has 122 valence electrons. The Hall–Kier alpha value is -0.710. The fourth-order valence-corrected chi connectivity index (χ4v) is 1.60. The number of likely N-dealkylation sites (tertiary alicyclic amines) is 2. The standard InChI is InChI=1S/C6H9F2NO.C5H11N.2C2H6/c7-6(8)1-3-9(5-10)4-2-6;1-5-3-4-6(5)2;2*1-2/h5H,1-4H2;5H,3-4H2,1-2H3;2*1-2H3. The molecule has 2 aliphatic rings. The third-order valence-corrected chi connectivity index (χ3v) is 3.33. The van der Waals surface area contributed by atoms with E-state index >= 15 is 0 Å². The predicted octanol–water partition coefficient (Wildman–Crippen LogP) is 3.64. The van der Waals surface area contributed by atoms with Crippen molar-refractivity contribution in [3.8, 4) is 0 Å². The second-order valence-electron chi connectivity index (χ2n) is 4.62. The SMILES string of the molecule is CC.CC.CC1CCN1C.O=CN1CCC(F)(F)CC1. The highest BCUT2D eigenvalue weighted by molar-refractivity contribution is 5.47. The van der Waals surface area contributed by atoms with Crippen LogP contribution in [0.1, 0.15) is 53.9 Å². The van der Waals surface area contributed by atoms with Gasteiger partial charge in [0.15, 0.2) is 0 Å². The van der Waals surface area contributed by atoms with Crippen LogP contribution in [0.3, 0.4) is 0 Å². The van der Waals surface area contributed by atoms with Crippen molar-refractivity contribution in [2.45, 2.75) is 65.8 Å². The molecule has 0 aromatic heterocycles. The van der Waals surface area contributed by atoms with E-state index in [1.54, 1.807) is 0 Å². The lowest BCUT2D eigenvalue weighted by Crippen LogP contribution is -2.41. The van der Waals surface area contributed by atoms with E-state index in [0.717, 1.165) is 6.04 Å². The minimum Gasteiger partial charge on any atom is -0.345 e. The van der Waals surface area contributed by atoms with Crippen LogP contribution < -0.4 is 0 Å². The number of alkyl halides is 2. The molecule has 0 radical (unpaired) electrons. The lowest BCUT2D eigenvalue weighted by Gasteiger charge is -2.34. The van der Waals surface area contributed by atoms with Gasteiger partial charge in [0.1, 0.15) is 0 Å². The first-order valence-corrected chi connectivity index (χ1v) is 7.72. The Morgan fingerprint density at radius 1 is 1.05 bits per heavy atom. The molecule has 1 atom stereocenters. The topological polar surface area (TPSA) is 23.6 Å². The molecule has 2 rings (SSSR count). The van der Waals surface area contributed by atoms with E-state index in [-0.39, 0.29) is 25.9 Å². The average Bonchev–Trinajstić information content (AvgIpc) is 2.50. The Bertz CT molecular complexity index is 220. The van der Waals surface area contributed by atoms with Gasteiger partial charge in [-0.15, -0.1) is 0 Å². The maximum Gasteiger partial charge on any atom is 0.251 e. The first-order valence-electron chi connectivity index (χ1n) is 7.72. The van der Waals surface area contributed by atoms with Crippen LogP contribution in [0.2, 0.25) is 0 Å². The fraction of sp³-hybridized carbons (Fsp3) is 0.933. The van der Waals surface area contributed by atoms with Gasteiger partial charge in [0, 0.05) is 32.0 Å². The molecule has 0 saturated carbocycles. The minimum atomic E-state index is -2.54. The Labute approximate surface area is 123 Å². The van der Waals surface area contributed by atoms with Gasteiger partial charge in [0.2, 0.25) is 6.41 Å². The molecule has 2 heterocycles. The minimum absolute atomic E-state index is 0.189. The van der Waals surface area contributed by atoms with Crippen LogP contribution in [0, 0.1) is 0 Å². The smallest absolute Gasteiger partial charge is 0.251 e. The summed E-state index contributed by atoms with van der Waals surface area (Å²) in [5, 5.41) is 0. The molecule has 1 amide bonds. The number of piperidine rings is 1. The molecular formula is C15H32F2N2O. The summed E-state index contributed by atoms with van der Waals surface area (Å²) in [5.74, 6) is -2.54. The van der Waals surface area contributed by atoms with Crippen molar-refractivity contribution >= 4 is 6.41 Å². The molecule has 0 bridgehead atoms. The van der Waals surface area contributed by atoms with Crippen LogP contribution in [-0.2, 0) is 4.79 Å². The summed E-state index contributed by atoms with van der Waals surface area (Å²) in [4.78, 5) is 13.8. The van der Waals surface area contributed by atoms with Gasteiger partial charge in [-0.05, 0) is 26.9 Å². The van der Waals surface area contributed by atoms with Gasteiger partial charge in [-0.1, -0.05) is 27.7 Å². The second-order valence-corrected chi connectivity index (χ2v) is 4.62. The van der Waals surface area contributed by atoms with Crippen molar-refractivity contribution in [2.75, 3.05) is 26.7 Å². The Kier molecular flexibility index (Phi) is 13.0. The summed E-state index contributed by atoms with van der Waals surface area (Å²) in [6.07, 6.45) is 1.64. The number of carbonyl (C=O) groups excluding carboxylic acids is 1. The number of hydrogen-bond acceptors (Lipinski definition) is 2. The first-order chi connectivity index (χ1) is 9.44. The summed E-state index contributed by atoms with van der Waals surface area (Å²) in [6, 6.07) is 0.866. The van der Waals surface area contributed by atoms with Crippen LogP contribution in [0.15, 0.2) is 0 Å². The Morgan fingerprint density at radius 3 is 1.65 bits per heavy atom. The third kappa shape index (κ3) is 9.23.